The molecule has 6 heteroatoms. The highest BCUT2D eigenvalue weighted by atomic mass is 19.4. The van der Waals surface area contributed by atoms with Crippen LogP contribution in [0.15, 0.2) is 0 Å². The van der Waals surface area contributed by atoms with E-state index >= 15 is 0 Å². The van der Waals surface area contributed by atoms with Gasteiger partial charge in [-0.05, 0) is 45.4 Å². The second kappa shape index (κ2) is 5.92. The van der Waals surface area contributed by atoms with Gasteiger partial charge in [-0.15, -0.1) is 0 Å². The van der Waals surface area contributed by atoms with Gasteiger partial charge in [-0.25, -0.2) is 0 Å². The lowest BCUT2D eigenvalue weighted by atomic mass is 9.89. The molecule has 1 amide bonds. The number of hydrogen-bond donors (Lipinski definition) is 1. The van der Waals surface area contributed by atoms with E-state index in [1.54, 1.807) is 13.8 Å². The number of fused-ring (bicyclic) bond motifs is 2. The number of rotatable bonds is 4. The molecule has 2 bridgehead atoms. The molecule has 2 aliphatic heterocycles. The molecule has 2 rings (SSSR count). The predicted molar refractivity (Wildman–Crippen MR) is 70.2 cm³/mol. The van der Waals surface area contributed by atoms with Gasteiger partial charge in [-0.3, -0.25) is 4.79 Å². The molecule has 0 aromatic carbocycles. The summed E-state index contributed by atoms with van der Waals surface area (Å²) in [4.78, 5) is 13.1. The van der Waals surface area contributed by atoms with Crippen molar-refractivity contribution in [3.8, 4) is 0 Å². The van der Waals surface area contributed by atoms with Crippen LogP contribution in [0.5, 0.6) is 0 Å². The predicted octanol–water partition coefficient (Wildman–Crippen LogP) is 2.71. The minimum absolute atomic E-state index is 0.232. The molecule has 2 heterocycles. The van der Waals surface area contributed by atoms with Gasteiger partial charge in [0.1, 0.15) is 6.54 Å². The zero-order chi connectivity index (χ0) is 14.9. The number of alkyl halides is 3. The number of halogens is 3. The maximum atomic E-state index is 12.5. The summed E-state index contributed by atoms with van der Waals surface area (Å²) in [5.74, 6) is -0.126. The van der Waals surface area contributed by atoms with Crippen LogP contribution in [0, 0.1) is 5.92 Å². The number of nitrogens with zero attached hydrogens (tertiary/aromatic N) is 1. The summed E-state index contributed by atoms with van der Waals surface area (Å²) in [6.45, 7) is 2.13. The van der Waals surface area contributed by atoms with E-state index in [1.165, 1.54) is 0 Å². The minimum atomic E-state index is -4.33. The SMILES string of the molecule is CC(C)N(CC(F)(F)F)C(=O)CC1CC2CCC(C1)N2. The molecule has 0 saturated carbocycles. The summed E-state index contributed by atoms with van der Waals surface area (Å²) >= 11 is 0. The molecule has 2 atom stereocenters. The Morgan fingerprint density at radius 1 is 1.25 bits per heavy atom. The monoisotopic (exact) mass is 292 g/mol. The van der Waals surface area contributed by atoms with Crippen molar-refractivity contribution in [3.05, 3.63) is 0 Å². The second-order valence-electron chi connectivity index (χ2n) is 6.41. The van der Waals surface area contributed by atoms with Crippen molar-refractivity contribution in [3.63, 3.8) is 0 Å². The molecule has 116 valence electrons. The molecular formula is C14H23F3N2O. The zero-order valence-electron chi connectivity index (χ0n) is 12.0. The Morgan fingerprint density at radius 3 is 2.25 bits per heavy atom. The first-order chi connectivity index (χ1) is 9.24. The van der Waals surface area contributed by atoms with Gasteiger partial charge in [0.05, 0.1) is 0 Å². The quantitative estimate of drug-likeness (QED) is 0.864. The number of amides is 1. The number of carbonyl (C=O) groups is 1. The molecule has 0 aromatic rings. The molecule has 0 spiro atoms. The maximum absolute atomic E-state index is 12.5. The molecule has 0 radical (unpaired) electrons. The average molecular weight is 292 g/mol. The largest absolute Gasteiger partial charge is 0.406 e. The van der Waals surface area contributed by atoms with E-state index in [1.807, 2.05) is 0 Å². The Morgan fingerprint density at radius 2 is 1.80 bits per heavy atom. The lowest BCUT2D eigenvalue weighted by molar-refractivity contribution is -0.165. The normalized spacial score (nSPS) is 29.8. The minimum Gasteiger partial charge on any atom is -0.331 e. The third-order valence-electron chi connectivity index (χ3n) is 4.33. The van der Waals surface area contributed by atoms with Crippen LogP contribution in [0.1, 0.15) is 46.0 Å². The van der Waals surface area contributed by atoms with Crippen LogP contribution in [0.3, 0.4) is 0 Å². The standard InChI is InChI=1S/C14H23F3N2O/c1-9(2)19(8-14(15,16)17)13(20)7-10-5-11-3-4-12(6-10)18-11/h9-12,18H,3-8H2,1-2H3. The molecule has 0 aromatic heterocycles. The van der Waals surface area contributed by atoms with Crippen LogP contribution in [0.25, 0.3) is 0 Å². The van der Waals surface area contributed by atoms with Crippen LogP contribution < -0.4 is 5.32 Å². The topological polar surface area (TPSA) is 32.3 Å². The summed E-state index contributed by atoms with van der Waals surface area (Å²) in [7, 11) is 0. The van der Waals surface area contributed by atoms with Gasteiger partial charge in [0.2, 0.25) is 5.91 Å². The Hall–Kier alpha value is -0.780. The van der Waals surface area contributed by atoms with Gasteiger partial charge in [0.15, 0.2) is 0 Å². The highest BCUT2D eigenvalue weighted by Crippen LogP contribution is 2.33. The number of nitrogens with one attached hydrogen (secondary N) is 1. The molecule has 2 saturated heterocycles. The fourth-order valence-corrected chi connectivity index (χ4v) is 3.46. The number of hydrogen-bond acceptors (Lipinski definition) is 2. The van der Waals surface area contributed by atoms with Gasteiger partial charge >= 0.3 is 6.18 Å². The van der Waals surface area contributed by atoms with Crippen molar-refractivity contribution in [1.82, 2.24) is 10.2 Å². The van der Waals surface area contributed by atoms with E-state index in [2.05, 4.69) is 5.32 Å². The fraction of sp³-hybridized carbons (Fsp3) is 0.929. The van der Waals surface area contributed by atoms with Crippen molar-refractivity contribution in [1.29, 1.82) is 0 Å². The van der Waals surface area contributed by atoms with Gasteiger partial charge in [0.25, 0.3) is 0 Å². The second-order valence-corrected chi connectivity index (χ2v) is 6.41. The van der Waals surface area contributed by atoms with Gasteiger partial charge < -0.3 is 10.2 Å². The van der Waals surface area contributed by atoms with E-state index in [-0.39, 0.29) is 18.2 Å². The Balaban J connectivity index is 1.91. The van der Waals surface area contributed by atoms with Crippen LogP contribution in [0.4, 0.5) is 13.2 Å². The number of piperidine rings is 1. The fourth-order valence-electron chi connectivity index (χ4n) is 3.46. The van der Waals surface area contributed by atoms with Crippen LogP contribution in [-0.2, 0) is 4.79 Å². The zero-order valence-corrected chi connectivity index (χ0v) is 12.0. The molecule has 2 aliphatic rings. The third-order valence-corrected chi connectivity index (χ3v) is 4.33. The first-order valence-electron chi connectivity index (χ1n) is 7.37. The van der Waals surface area contributed by atoms with E-state index in [9.17, 15) is 18.0 Å². The Labute approximate surface area is 117 Å². The summed E-state index contributed by atoms with van der Waals surface area (Å²) in [6.07, 6.45) is 0.0218. The lowest BCUT2D eigenvalue weighted by Gasteiger charge is -2.32. The van der Waals surface area contributed by atoms with Crippen LogP contribution in [-0.4, -0.2) is 41.7 Å². The molecule has 3 nitrogen and oxygen atoms in total. The first kappa shape index (κ1) is 15.6. The Kier molecular flexibility index (Phi) is 4.62. The van der Waals surface area contributed by atoms with Crippen molar-refractivity contribution >= 4 is 5.91 Å². The van der Waals surface area contributed by atoms with E-state index in [0.29, 0.717) is 12.1 Å². The van der Waals surface area contributed by atoms with Gasteiger partial charge in [0, 0.05) is 24.5 Å². The molecule has 2 unspecified atom stereocenters. The summed E-state index contributed by atoms with van der Waals surface area (Å²) < 4.78 is 37.6. The highest BCUT2D eigenvalue weighted by Gasteiger charge is 2.37. The third kappa shape index (κ3) is 4.11. The maximum Gasteiger partial charge on any atom is 0.406 e. The molecule has 20 heavy (non-hydrogen) atoms. The highest BCUT2D eigenvalue weighted by molar-refractivity contribution is 5.76. The number of carbonyl (C=O) groups excluding carboxylic acids is 1. The van der Waals surface area contributed by atoms with Crippen molar-refractivity contribution in [2.75, 3.05) is 6.54 Å². The van der Waals surface area contributed by atoms with Crippen LogP contribution in [0.2, 0.25) is 0 Å². The molecule has 2 fully saturated rings. The van der Waals surface area contributed by atoms with Gasteiger partial charge in [-0.1, -0.05) is 0 Å². The van der Waals surface area contributed by atoms with E-state index in [0.717, 1.165) is 30.6 Å². The molecular weight excluding hydrogens is 269 g/mol. The van der Waals surface area contributed by atoms with E-state index < -0.39 is 18.8 Å². The van der Waals surface area contributed by atoms with Crippen molar-refractivity contribution < 1.29 is 18.0 Å². The summed E-state index contributed by atoms with van der Waals surface area (Å²) in [5.41, 5.74) is 0. The molecule has 1 N–H and O–H groups in total. The molecule has 0 aliphatic carbocycles. The average Bonchev–Trinajstić information content (AvgIpc) is 2.64. The summed E-state index contributed by atoms with van der Waals surface area (Å²) in [5, 5.41) is 3.48. The van der Waals surface area contributed by atoms with E-state index in [4.69, 9.17) is 0 Å². The van der Waals surface area contributed by atoms with Crippen molar-refractivity contribution in [2.45, 2.75) is 70.3 Å². The van der Waals surface area contributed by atoms with Crippen LogP contribution >= 0.6 is 0 Å². The smallest absolute Gasteiger partial charge is 0.331 e. The van der Waals surface area contributed by atoms with Gasteiger partial charge in [-0.2, -0.15) is 13.2 Å². The Bertz CT molecular complexity index is 345. The summed E-state index contributed by atoms with van der Waals surface area (Å²) in [6, 6.07) is 0.505. The first-order valence-corrected chi connectivity index (χ1v) is 7.37. The van der Waals surface area contributed by atoms with Crippen molar-refractivity contribution in [2.24, 2.45) is 5.92 Å². The lowest BCUT2D eigenvalue weighted by Crippen LogP contribution is -2.45.